The predicted molar refractivity (Wildman–Crippen MR) is 52.0 cm³/mol. The molecule has 0 atom stereocenters. The Hall–Kier alpha value is -1.73. The molecule has 8 heteroatoms. The first-order chi connectivity index (χ1) is 8.62. The minimum Gasteiger partial charge on any atom is -0.462 e. The van der Waals surface area contributed by atoms with Crippen LogP contribution in [0.5, 0.6) is 0 Å². The van der Waals surface area contributed by atoms with Crippen LogP contribution in [0.2, 0.25) is 0 Å². The Morgan fingerprint density at radius 2 is 1.63 bits per heavy atom. The van der Waals surface area contributed by atoms with E-state index in [0.717, 1.165) is 0 Å². The van der Waals surface area contributed by atoms with Crippen LogP contribution >= 0.6 is 0 Å². The van der Waals surface area contributed by atoms with E-state index in [4.69, 9.17) is 0 Å². The molecule has 0 aliphatic rings. The molecule has 0 aliphatic carbocycles. The van der Waals surface area contributed by atoms with Crippen molar-refractivity contribution in [2.75, 3.05) is 6.61 Å². The molecule has 0 aromatic heterocycles. The molecule has 1 aromatic rings. The highest BCUT2D eigenvalue weighted by Crippen LogP contribution is 2.38. The Labute approximate surface area is 104 Å². The molecule has 0 radical (unpaired) electrons. The maximum Gasteiger partial charge on any atom is 0.417 e. The van der Waals surface area contributed by atoms with E-state index in [1.165, 1.54) is 6.92 Å². The lowest BCUT2D eigenvalue weighted by Gasteiger charge is -2.16. The first kappa shape index (κ1) is 15.3. The number of benzene rings is 1. The summed E-state index contributed by atoms with van der Waals surface area (Å²) in [7, 11) is 0. The molecular weight excluding hydrogens is 278 g/mol. The summed E-state index contributed by atoms with van der Waals surface area (Å²) < 4.78 is 82.1. The summed E-state index contributed by atoms with van der Waals surface area (Å²) in [6.45, 7) is 1.53. The van der Waals surface area contributed by atoms with Crippen LogP contribution in [0.1, 0.15) is 28.4 Å². The lowest BCUT2D eigenvalue weighted by atomic mass is 9.99. The van der Waals surface area contributed by atoms with Crippen LogP contribution in [0, 0.1) is 24.4 Å². The van der Waals surface area contributed by atoms with Gasteiger partial charge in [0.05, 0.1) is 12.2 Å². The molecule has 0 heterocycles. The fourth-order valence-electron chi connectivity index (χ4n) is 1.53. The first-order valence-corrected chi connectivity index (χ1v) is 5.04. The lowest BCUT2D eigenvalue weighted by Crippen LogP contribution is -2.21. The van der Waals surface area contributed by atoms with Gasteiger partial charge in [0.2, 0.25) is 0 Å². The fourth-order valence-corrected chi connectivity index (χ4v) is 1.53. The summed E-state index contributed by atoms with van der Waals surface area (Å²) >= 11 is 0. The summed E-state index contributed by atoms with van der Waals surface area (Å²) in [5, 5.41) is 0. The zero-order chi connectivity index (χ0) is 15.0. The molecule has 0 N–H and O–H groups in total. The Morgan fingerprint density at radius 1 is 1.11 bits per heavy atom. The van der Waals surface area contributed by atoms with Crippen LogP contribution in [-0.2, 0) is 10.9 Å². The average Bonchev–Trinajstić information content (AvgIpc) is 2.29. The molecule has 1 aromatic carbocycles. The van der Waals surface area contributed by atoms with Gasteiger partial charge in [0.15, 0.2) is 17.5 Å². The third-order valence-electron chi connectivity index (χ3n) is 2.32. The van der Waals surface area contributed by atoms with Crippen LogP contribution in [0.4, 0.5) is 26.3 Å². The van der Waals surface area contributed by atoms with Gasteiger partial charge in [-0.2, -0.15) is 13.2 Å². The summed E-state index contributed by atoms with van der Waals surface area (Å²) in [5.41, 5.74) is -4.72. The topological polar surface area (TPSA) is 26.3 Å². The highest BCUT2D eigenvalue weighted by molar-refractivity contribution is 5.92. The third kappa shape index (κ3) is 2.66. The van der Waals surface area contributed by atoms with Crippen LogP contribution in [0.3, 0.4) is 0 Å². The Morgan fingerprint density at radius 3 is 2.05 bits per heavy atom. The number of halogens is 6. The summed E-state index contributed by atoms with van der Waals surface area (Å²) in [6, 6.07) is 0. The molecule has 1 rings (SSSR count). The molecule has 0 amide bonds. The number of ether oxygens (including phenoxy) is 1. The van der Waals surface area contributed by atoms with Gasteiger partial charge in [0, 0.05) is 5.56 Å². The van der Waals surface area contributed by atoms with Crippen molar-refractivity contribution in [3.05, 3.63) is 34.1 Å². The molecule has 0 spiro atoms. The Balaban J connectivity index is 3.72. The van der Waals surface area contributed by atoms with Gasteiger partial charge in [-0.15, -0.1) is 0 Å². The second-order valence-electron chi connectivity index (χ2n) is 3.54. The third-order valence-corrected chi connectivity index (χ3v) is 2.32. The Kier molecular flexibility index (Phi) is 4.12. The van der Waals surface area contributed by atoms with E-state index in [2.05, 4.69) is 4.74 Å². The number of esters is 1. The molecule has 0 bridgehead atoms. The van der Waals surface area contributed by atoms with Gasteiger partial charge < -0.3 is 4.74 Å². The van der Waals surface area contributed by atoms with E-state index in [1.807, 2.05) is 0 Å². The van der Waals surface area contributed by atoms with E-state index in [0.29, 0.717) is 6.92 Å². The quantitative estimate of drug-likeness (QED) is 0.471. The van der Waals surface area contributed by atoms with Crippen molar-refractivity contribution >= 4 is 5.97 Å². The largest absolute Gasteiger partial charge is 0.462 e. The fraction of sp³-hybridized carbons (Fsp3) is 0.364. The van der Waals surface area contributed by atoms with E-state index < -0.39 is 46.3 Å². The molecule has 0 saturated heterocycles. The highest BCUT2D eigenvalue weighted by atomic mass is 19.4. The van der Waals surface area contributed by atoms with Gasteiger partial charge >= 0.3 is 12.1 Å². The van der Waals surface area contributed by atoms with Crippen LogP contribution in [-0.4, -0.2) is 12.6 Å². The summed E-state index contributed by atoms with van der Waals surface area (Å²) in [4.78, 5) is 11.3. The van der Waals surface area contributed by atoms with Gasteiger partial charge in [-0.05, 0) is 13.8 Å². The number of alkyl halides is 3. The lowest BCUT2D eigenvalue weighted by molar-refractivity contribution is -0.139. The second-order valence-corrected chi connectivity index (χ2v) is 3.54. The second kappa shape index (κ2) is 5.10. The van der Waals surface area contributed by atoms with Crippen LogP contribution in [0.25, 0.3) is 0 Å². The van der Waals surface area contributed by atoms with E-state index in [9.17, 15) is 31.1 Å². The molecule has 2 nitrogen and oxygen atoms in total. The Bertz CT molecular complexity index is 521. The van der Waals surface area contributed by atoms with Crippen LogP contribution in [0.15, 0.2) is 0 Å². The van der Waals surface area contributed by atoms with Crippen molar-refractivity contribution in [3.8, 4) is 0 Å². The van der Waals surface area contributed by atoms with Gasteiger partial charge in [0.25, 0.3) is 0 Å². The number of carbonyl (C=O) groups is 1. The number of hydrogen-bond donors (Lipinski definition) is 0. The zero-order valence-electron chi connectivity index (χ0n) is 9.79. The normalized spacial score (nSPS) is 11.6. The predicted octanol–water partition coefficient (Wildman–Crippen LogP) is 3.61. The number of rotatable bonds is 2. The monoisotopic (exact) mass is 286 g/mol. The minimum absolute atomic E-state index is 0.340. The SMILES string of the molecule is CCOC(=O)c1c(F)c(F)c(F)c(C)c1C(F)(F)F. The smallest absolute Gasteiger partial charge is 0.417 e. The summed E-state index contributed by atoms with van der Waals surface area (Å²) in [5.74, 6) is -8.05. The zero-order valence-corrected chi connectivity index (χ0v) is 9.79. The van der Waals surface area contributed by atoms with Crippen molar-refractivity contribution in [1.82, 2.24) is 0 Å². The molecular formula is C11H8F6O2. The van der Waals surface area contributed by atoms with Crippen molar-refractivity contribution in [2.24, 2.45) is 0 Å². The molecule has 19 heavy (non-hydrogen) atoms. The number of hydrogen-bond acceptors (Lipinski definition) is 2. The minimum atomic E-state index is -5.22. The van der Waals surface area contributed by atoms with Crippen molar-refractivity contribution in [3.63, 3.8) is 0 Å². The van der Waals surface area contributed by atoms with Crippen LogP contribution < -0.4 is 0 Å². The van der Waals surface area contributed by atoms with Crippen molar-refractivity contribution < 1.29 is 35.9 Å². The van der Waals surface area contributed by atoms with E-state index in [-0.39, 0.29) is 6.61 Å². The standard InChI is InChI=1S/C11H8F6O2/c1-3-19-10(18)5-6(11(15,16)17)4(2)7(12)9(14)8(5)13/h3H2,1-2H3. The molecule has 0 unspecified atom stereocenters. The van der Waals surface area contributed by atoms with Crippen molar-refractivity contribution in [2.45, 2.75) is 20.0 Å². The van der Waals surface area contributed by atoms with E-state index >= 15 is 0 Å². The maximum absolute atomic E-state index is 13.4. The first-order valence-electron chi connectivity index (χ1n) is 5.04. The maximum atomic E-state index is 13.4. The highest BCUT2D eigenvalue weighted by Gasteiger charge is 2.42. The molecule has 106 valence electrons. The molecule has 0 aliphatic heterocycles. The molecule has 0 fully saturated rings. The van der Waals surface area contributed by atoms with Crippen molar-refractivity contribution in [1.29, 1.82) is 0 Å². The van der Waals surface area contributed by atoms with Gasteiger partial charge in [-0.1, -0.05) is 0 Å². The average molecular weight is 286 g/mol. The van der Waals surface area contributed by atoms with Gasteiger partial charge in [-0.25, -0.2) is 18.0 Å². The number of carbonyl (C=O) groups excluding carboxylic acids is 1. The van der Waals surface area contributed by atoms with E-state index in [1.54, 1.807) is 0 Å². The van der Waals surface area contributed by atoms with Gasteiger partial charge in [-0.3, -0.25) is 0 Å². The summed E-state index contributed by atoms with van der Waals surface area (Å²) in [6.07, 6.45) is -5.22. The van der Waals surface area contributed by atoms with Gasteiger partial charge in [0.1, 0.15) is 5.56 Å². The molecule has 0 saturated carbocycles.